The van der Waals surface area contributed by atoms with Crippen LogP contribution >= 0.6 is 0 Å². The summed E-state index contributed by atoms with van der Waals surface area (Å²) in [6, 6.07) is 5.19. The number of hydrazine groups is 1. The second-order valence-corrected chi connectivity index (χ2v) is 7.14. The van der Waals surface area contributed by atoms with Gasteiger partial charge in [0.05, 0.1) is 17.9 Å². The predicted molar refractivity (Wildman–Crippen MR) is 94.6 cm³/mol. The van der Waals surface area contributed by atoms with Crippen LogP contribution in [0.25, 0.3) is 0 Å². The first-order valence-corrected chi connectivity index (χ1v) is 8.90. The maximum Gasteiger partial charge on any atom is 0.238 e. The van der Waals surface area contributed by atoms with Gasteiger partial charge in [-0.3, -0.25) is 10.2 Å². The van der Waals surface area contributed by atoms with Crippen LogP contribution in [0.2, 0.25) is 0 Å². The largest absolute Gasteiger partial charge is 0.372 e. The van der Waals surface area contributed by atoms with Crippen LogP contribution in [0.1, 0.15) is 32.8 Å². The lowest BCUT2D eigenvalue weighted by atomic mass is 10.1. The minimum absolute atomic E-state index is 0.0721. The zero-order chi connectivity index (χ0) is 18.0. The first kappa shape index (κ1) is 18.1. The molecule has 2 saturated heterocycles. The topological polar surface area (TPSA) is 65.6 Å². The summed E-state index contributed by atoms with van der Waals surface area (Å²) < 4.78 is 20.2. The highest BCUT2D eigenvalue weighted by Crippen LogP contribution is 2.24. The van der Waals surface area contributed by atoms with Crippen molar-refractivity contribution in [1.29, 1.82) is 0 Å². The molecule has 1 amide bonds. The summed E-state index contributed by atoms with van der Waals surface area (Å²) in [5, 5.41) is 2.86. The van der Waals surface area contributed by atoms with Crippen LogP contribution in [0, 0.1) is 5.82 Å². The minimum Gasteiger partial charge on any atom is -0.372 e. The number of carbonyl (C=O) groups is 1. The Labute approximate surface area is 148 Å². The molecule has 1 aromatic carbocycles. The molecule has 2 heterocycles. The average Bonchev–Trinajstić information content (AvgIpc) is 2.98. The van der Waals surface area contributed by atoms with Crippen molar-refractivity contribution in [3.63, 3.8) is 0 Å². The van der Waals surface area contributed by atoms with Gasteiger partial charge in [-0.25, -0.2) is 9.82 Å². The molecule has 25 heavy (non-hydrogen) atoms. The van der Waals surface area contributed by atoms with Gasteiger partial charge < -0.3 is 15.0 Å². The van der Waals surface area contributed by atoms with Gasteiger partial charge in [-0.15, -0.1) is 0 Å². The fraction of sp³-hybridized carbons (Fsp3) is 0.611. The van der Waals surface area contributed by atoms with Crippen molar-refractivity contribution in [1.82, 2.24) is 16.2 Å². The number of amides is 1. The molecule has 0 saturated carbocycles. The zero-order valence-electron chi connectivity index (χ0n) is 15.0. The number of carbonyl (C=O) groups excluding carboxylic acids is 1. The Morgan fingerprint density at radius 1 is 1.28 bits per heavy atom. The lowest BCUT2D eigenvalue weighted by Crippen LogP contribution is -2.45. The number of nitrogens with zero attached hydrogens (tertiary/aromatic N) is 1. The number of benzene rings is 1. The maximum absolute atomic E-state index is 14.5. The van der Waals surface area contributed by atoms with Crippen molar-refractivity contribution in [2.45, 2.75) is 58.0 Å². The number of hydrogen-bond acceptors (Lipinski definition) is 5. The molecule has 2 aliphatic rings. The maximum atomic E-state index is 14.5. The van der Waals surface area contributed by atoms with E-state index in [4.69, 9.17) is 4.74 Å². The number of nitrogens with one attached hydrogen (secondary N) is 3. The normalized spacial score (nSPS) is 29.7. The molecule has 0 radical (unpaired) electrons. The smallest absolute Gasteiger partial charge is 0.238 e. The fourth-order valence-corrected chi connectivity index (χ4v) is 3.49. The molecule has 3 N–H and O–H groups in total. The fourth-order valence-electron chi connectivity index (χ4n) is 3.49. The van der Waals surface area contributed by atoms with Crippen molar-refractivity contribution >= 4 is 11.6 Å². The molecule has 7 heteroatoms. The van der Waals surface area contributed by atoms with Gasteiger partial charge in [0.1, 0.15) is 11.9 Å². The number of ether oxygens (including phenoxy) is 1. The van der Waals surface area contributed by atoms with E-state index in [2.05, 4.69) is 16.2 Å². The van der Waals surface area contributed by atoms with Crippen LogP contribution in [0.3, 0.4) is 0 Å². The van der Waals surface area contributed by atoms with E-state index in [0.717, 1.165) is 12.0 Å². The van der Waals surface area contributed by atoms with Crippen LogP contribution in [0.15, 0.2) is 18.2 Å². The van der Waals surface area contributed by atoms with Crippen LogP contribution in [0.4, 0.5) is 10.1 Å². The molecular formula is C18H27FN4O2. The van der Waals surface area contributed by atoms with Crippen molar-refractivity contribution in [3.05, 3.63) is 29.6 Å². The van der Waals surface area contributed by atoms with Gasteiger partial charge in [-0.1, -0.05) is 6.07 Å². The standard InChI is InChI=1S/C18H27FN4O2/c1-11-6-16(22-21-11)18(24)20-8-14-4-5-17(15(19)7-14)23-9-12(2)25-13(3)10-23/h4-5,7,11-13,16,21-22H,6,8-10H2,1-3H3,(H,20,24). The number of morpholine rings is 1. The number of halogens is 1. The SMILES string of the molecule is CC1CC(C(=O)NCc2ccc(N3CC(C)OC(C)C3)c(F)c2)NN1. The summed E-state index contributed by atoms with van der Waals surface area (Å²) in [6.45, 7) is 7.68. The Hall–Kier alpha value is -1.70. The van der Waals surface area contributed by atoms with Gasteiger partial charge in [-0.05, 0) is 44.9 Å². The zero-order valence-corrected chi connectivity index (χ0v) is 15.0. The molecule has 0 aliphatic carbocycles. The molecule has 4 atom stereocenters. The first-order chi connectivity index (χ1) is 11.9. The van der Waals surface area contributed by atoms with Gasteiger partial charge in [0.15, 0.2) is 0 Å². The molecule has 1 aromatic rings. The summed E-state index contributed by atoms with van der Waals surface area (Å²) >= 11 is 0. The summed E-state index contributed by atoms with van der Waals surface area (Å²) in [7, 11) is 0. The summed E-state index contributed by atoms with van der Waals surface area (Å²) in [6.07, 6.45) is 0.904. The summed E-state index contributed by atoms with van der Waals surface area (Å²) in [5.74, 6) is -0.334. The van der Waals surface area contributed by atoms with E-state index in [1.807, 2.05) is 31.7 Å². The molecule has 138 valence electrons. The molecular weight excluding hydrogens is 323 g/mol. The van der Waals surface area contributed by atoms with Crippen LogP contribution in [0.5, 0.6) is 0 Å². The van der Waals surface area contributed by atoms with Crippen molar-refractivity contribution in [3.8, 4) is 0 Å². The van der Waals surface area contributed by atoms with Gasteiger partial charge >= 0.3 is 0 Å². The second kappa shape index (κ2) is 7.68. The Bertz CT molecular complexity index is 617. The molecule has 0 spiro atoms. The molecule has 3 rings (SSSR count). The van der Waals surface area contributed by atoms with Crippen LogP contribution in [-0.4, -0.2) is 43.3 Å². The third-order valence-corrected chi connectivity index (χ3v) is 4.65. The van der Waals surface area contributed by atoms with Crippen molar-refractivity contribution < 1.29 is 13.9 Å². The minimum atomic E-state index is -0.262. The summed E-state index contributed by atoms with van der Waals surface area (Å²) in [4.78, 5) is 14.1. The average molecular weight is 350 g/mol. The number of anilines is 1. The van der Waals surface area contributed by atoms with Crippen LogP contribution < -0.4 is 21.1 Å². The van der Waals surface area contributed by atoms with Gasteiger partial charge in [0, 0.05) is 25.7 Å². The van der Waals surface area contributed by atoms with E-state index >= 15 is 0 Å². The van der Waals surface area contributed by atoms with Crippen molar-refractivity contribution in [2.75, 3.05) is 18.0 Å². The molecule has 6 nitrogen and oxygen atoms in total. The van der Waals surface area contributed by atoms with E-state index < -0.39 is 0 Å². The molecule has 0 aromatic heterocycles. The number of hydrogen-bond donors (Lipinski definition) is 3. The van der Waals surface area contributed by atoms with E-state index in [9.17, 15) is 9.18 Å². The highest BCUT2D eigenvalue weighted by Gasteiger charge is 2.27. The van der Waals surface area contributed by atoms with E-state index in [0.29, 0.717) is 25.3 Å². The van der Waals surface area contributed by atoms with Gasteiger partial charge in [0.25, 0.3) is 0 Å². The third kappa shape index (κ3) is 4.48. The molecule has 0 bridgehead atoms. The predicted octanol–water partition coefficient (Wildman–Crippen LogP) is 1.31. The van der Waals surface area contributed by atoms with E-state index in [1.165, 1.54) is 6.07 Å². The van der Waals surface area contributed by atoms with Crippen LogP contribution in [-0.2, 0) is 16.1 Å². The Balaban J connectivity index is 1.59. The Morgan fingerprint density at radius 2 is 2.00 bits per heavy atom. The first-order valence-electron chi connectivity index (χ1n) is 8.90. The van der Waals surface area contributed by atoms with Gasteiger partial charge in [0.2, 0.25) is 5.91 Å². The van der Waals surface area contributed by atoms with E-state index in [1.54, 1.807) is 6.07 Å². The monoisotopic (exact) mass is 350 g/mol. The second-order valence-electron chi connectivity index (χ2n) is 7.14. The van der Waals surface area contributed by atoms with Crippen molar-refractivity contribution in [2.24, 2.45) is 0 Å². The third-order valence-electron chi connectivity index (χ3n) is 4.65. The highest BCUT2D eigenvalue weighted by atomic mass is 19.1. The Kier molecular flexibility index (Phi) is 5.56. The Morgan fingerprint density at radius 3 is 2.60 bits per heavy atom. The quantitative estimate of drug-likeness (QED) is 0.764. The molecule has 4 unspecified atom stereocenters. The van der Waals surface area contributed by atoms with Gasteiger partial charge in [-0.2, -0.15) is 0 Å². The highest BCUT2D eigenvalue weighted by molar-refractivity contribution is 5.82. The lowest BCUT2D eigenvalue weighted by molar-refractivity contribution is -0.123. The van der Waals surface area contributed by atoms with E-state index in [-0.39, 0.29) is 36.0 Å². The summed E-state index contributed by atoms with van der Waals surface area (Å²) in [5.41, 5.74) is 7.32. The lowest BCUT2D eigenvalue weighted by Gasteiger charge is -2.37. The number of rotatable bonds is 4. The molecule has 2 aliphatic heterocycles. The molecule has 2 fully saturated rings.